The zero-order valence-electron chi connectivity index (χ0n) is 29.0. The average molecular weight is 697 g/mol. The zero-order valence-corrected chi connectivity index (χ0v) is 29.0. The molecule has 0 saturated heterocycles. The number of halogens is 1. The van der Waals surface area contributed by atoms with Gasteiger partial charge in [0.2, 0.25) is 0 Å². The molecule has 0 saturated carbocycles. The van der Waals surface area contributed by atoms with Crippen LogP contribution in [0.2, 0.25) is 0 Å². The van der Waals surface area contributed by atoms with Crippen LogP contribution in [0, 0.1) is 5.82 Å². The van der Waals surface area contributed by atoms with Crippen LogP contribution in [0.4, 0.5) is 4.39 Å². The second kappa shape index (κ2) is 19.8. The molecule has 0 amide bonds. The van der Waals surface area contributed by atoms with Crippen molar-refractivity contribution < 1.29 is 32.9 Å². The first-order chi connectivity index (χ1) is 25.5. The molecule has 0 aliphatic rings. The minimum absolute atomic E-state index is 0.254. The van der Waals surface area contributed by atoms with Crippen molar-refractivity contribution in [3.05, 3.63) is 191 Å². The third-order valence-electron chi connectivity index (χ3n) is 8.10. The lowest BCUT2D eigenvalue weighted by Crippen LogP contribution is -2.08. The lowest BCUT2D eigenvalue weighted by molar-refractivity contribution is 0.111. The number of carbonyl (C=O) groups excluding carboxylic acids is 2. The van der Waals surface area contributed by atoms with Gasteiger partial charge in [-0.25, -0.2) is 4.39 Å². The molecule has 52 heavy (non-hydrogen) atoms. The van der Waals surface area contributed by atoms with Gasteiger partial charge in [-0.1, -0.05) is 110 Å². The molecule has 1 unspecified atom stereocenters. The van der Waals surface area contributed by atoms with Gasteiger partial charge in [0.15, 0.2) is 23.0 Å². The van der Waals surface area contributed by atoms with E-state index in [-0.39, 0.29) is 11.7 Å². The second-order valence-electron chi connectivity index (χ2n) is 12.0. The number of carbonyl (C=O) groups is 2. The summed E-state index contributed by atoms with van der Waals surface area (Å²) >= 11 is 0. The van der Waals surface area contributed by atoms with E-state index < -0.39 is 0 Å². The summed E-state index contributed by atoms with van der Waals surface area (Å²) < 4.78 is 36.5. The van der Waals surface area contributed by atoms with Gasteiger partial charge in [0.05, 0.1) is 13.2 Å². The standard InChI is InChI=1S/C23H22O3.C22H19FO3/c1-18(21-10-6-3-7-11-21)16-25-22-13-12-20(15-24)14-23(22)26-17-19-8-4-2-5-9-19;23-20-9-6-17(7-10-20)12-13-25-21-11-8-19(15-24)14-22(21)26-16-18-4-2-1-3-5-18/h2-15,18H,16-17H2,1H3;1-11,14-15H,12-13,16H2. The lowest BCUT2D eigenvalue weighted by atomic mass is 10.0. The molecule has 264 valence electrons. The van der Waals surface area contributed by atoms with E-state index in [9.17, 15) is 14.0 Å². The molecule has 0 bridgehead atoms. The fourth-order valence-corrected chi connectivity index (χ4v) is 5.15. The van der Waals surface area contributed by atoms with Crippen LogP contribution >= 0.6 is 0 Å². The van der Waals surface area contributed by atoms with Crippen LogP contribution in [0.25, 0.3) is 0 Å². The molecule has 0 N–H and O–H groups in total. The number of benzene rings is 6. The normalized spacial score (nSPS) is 11.0. The summed E-state index contributed by atoms with van der Waals surface area (Å²) in [4.78, 5) is 22.1. The predicted molar refractivity (Wildman–Crippen MR) is 201 cm³/mol. The van der Waals surface area contributed by atoms with E-state index in [2.05, 4.69) is 19.1 Å². The first-order valence-corrected chi connectivity index (χ1v) is 17.1. The molecular formula is C45H41FO6. The fourth-order valence-electron chi connectivity index (χ4n) is 5.15. The molecular weight excluding hydrogens is 655 g/mol. The highest BCUT2D eigenvalue weighted by molar-refractivity contribution is 5.77. The maximum atomic E-state index is 12.9. The zero-order chi connectivity index (χ0) is 36.4. The van der Waals surface area contributed by atoms with Crippen LogP contribution in [0.3, 0.4) is 0 Å². The minimum atomic E-state index is -0.254. The minimum Gasteiger partial charge on any atom is -0.489 e. The van der Waals surface area contributed by atoms with Gasteiger partial charge < -0.3 is 18.9 Å². The van der Waals surface area contributed by atoms with Crippen molar-refractivity contribution in [1.82, 2.24) is 0 Å². The average Bonchev–Trinajstić information content (AvgIpc) is 3.21. The van der Waals surface area contributed by atoms with Crippen LogP contribution in [0.1, 0.15) is 55.8 Å². The monoisotopic (exact) mass is 696 g/mol. The number of hydrogen-bond acceptors (Lipinski definition) is 6. The topological polar surface area (TPSA) is 71.1 Å². The largest absolute Gasteiger partial charge is 0.489 e. The van der Waals surface area contributed by atoms with E-state index >= 15 is 0 Å². The Labute approximate surface area is 304 Å². The van der Waals surface area contributed by atoms with Crippen molar-refractivity contribution >= 4 is 12.6 Å². The molecule has 1 atom stereocenters. The number of rotatable bonds is 16. The van der Waals surface area contributed by atoms with Gasteiger partial charge >= 0.3 is 0 Å². The van der Waals surface area contributed by atoms with Gasteiger partial charge in [-0.15, -0.1) is 0 Å². The van der Waals surface area contributed by atoms with Gasteiger partial charge in [-0.3, -0.25) is 9.59 Å². The maximum absolute atomic E-state index is 12.9. The van der Waals surface area contributed by atoms with Gasteiger partial charge in [0.25, 0.3) is 0 Å². The van der Waals surface area contributed by atoms with Crippen LogP contribution in [-0.2, 0) is 19.6 Å². The van der Waals surface area contributed by atoms with E-state index in [1.54, 1.807) is 48.5 Å². The maximum Gasteiger partial charge on any atom is 0.162 e. The summed E-state index contributed by atoms with van der Waals surface area (Å²) in [7, 11) is 0. The second-order valence-corrected chi connectivity index (χ2v) is 12.0. The summed E-state index contributed by atoms with van der Waals surface area (Å²) in [5.74, 6) is 2.33. The Bertz CT molecular complexity index is 1970. The van der Waals surface area contributed by atoms with Crippen molar-refractivity contribution in [1.29, 1.82) is 0 Å². The third-order valence-corrected chi connectivity index (χ3v) is 8.10. The van der Waals surface area contributed by atoms with Crippen LogP contribution in [0.15, 0.2) is 152 Å². The highest BCUT2D eigenvalue weighted by Crippen LogP contribution is 2.31. The summed E-state index contributed by atoms with van der Waals surface area (Å²) in [6.45, 7) is 3.89. The Morgan fingerprint density at radius 1 is 0.519 bits per heavy atom. The van der Waals surface area contributed by atoms with Crippen LogP contribution in [-0.4, -0.2) is 25.8 Å². The van der Waals surface area contributed by atoms with Crippen molar-refractivity contribution in [2.45, 2.75) is 32.5 Å². The first-order valence-electron chi connectivity index (χ1n) is 17.1. The van der Waals surface area contributed by atoms with E-state index in [1.165, 1.54) is 17.7 Å². The van der Waals surface area contributed by atoms with Gasteiger partial charge in [0.1, 0.15) is 31.6 Å². The van der Waals surface area contributed by atoms with Crippen molar-refractivity contribution in [3.8, 4) is 23.0 Å². The number of aldehydes is 2. The van der Waals surface area contributed by atoms with Gasteiger partial charge in [-0.2, -0.15) is 0 Å². The molecule has 0 fully saturated rings. The molecule has 0 aromatic heterocycles. The number of hydrogen-bond donors (Lipinski definition) is 0. The fraction of sp³-hybridized carbons (Fsp3) is 0.156. The summed E-state index contributed by atoms with van der Waals surface area (Å²) in [6, 6.07) is 46.6. The summed E-state index contributed by atoms with van der Waals surface area (Å²) in [5, 5.41) is 0. The smallest absolute Gasteiger partial charge is 0.162 e. The highest BCUT2D eigenvalue weighted by Gasteiger charge is 2.12. The number of ether oxygens (including phenoxy) is 4. The third kappa shape index (κ3) is 11.7. The molecule has 6 aromatic carbocycles. The first kappa shape index (κ1) is 37.1. The molecule has 0 aliphatic carbocycles. The SMILES string of the molecule is CC(COc1ccc(C=O)cc1OCc1ccccc1)c1ccccc1.O=Cc1ccc(OCCc2ccc(F)cc2)c(OCc2ccccc2)c1. The highest BCUT2D eigenvalue weighted by atomic mass is 19.1. The summed E-state index contributed by atoms with van der Waals surface area (Å²) in [5.41, 5.74) is 5.40. The summed E-state index contributed by atoms with van der Waals surface area (Å²) in [6.07, 6.45) is 2.23. The lowest BCUT2D eigenvalue weighted by Gasteiger charge is -2.17. The Morgan fingerprint density at radius 3 is 1.50 bits per heavy atom. The van der Waals surface area contributed by atoms with Crippen molar-refractivity contribution in [2.75, 3.05) is 13.2 Å². The Hall–Kier alpha value is -6.21. The molecule has 0 heterocycles. The Kier molecular flexibility index (Phi) is 14.1. The molecule has 7 heteroatoms. The molecule has 0 radical (unpaired) electrons. The van der Waals surface area contributed by atoms with Gasteiger partial charge in [-0.05, 0) is 70.8 Å². The van der Waals surface area contributed by atoms with Crippen LogP contribution in [0.5, 0.6) is 23.0 Å². The van der Waals surface area contributed by atoms with E-state index in [1.807, 2.05) is 78.9 Å². The van der Waals surface area contributed by atoms with Crippen molar-refractivity contribution in [3.63, 3.8) is 0 Å². The van der Waals surface area contributed by atoms with Gasteiger partial charge in [0, 0.05) is 23.5 Å². The molecule has 6 aromatic rings. The van der Waals surface area contributed by atoms with E-state index in [0.717, 1.165) is 29.3 Å². The Morgan fingerprint density at radius 2 is 1.00 bits per heavy atom. The Balaban J connectivity index is 0.000000201. The van der Waals surface area contributed by atoms with E-state index in [0.29, 0.717) is 67.0 Å². The predicted octanol–water partition coefficient (Wildman–Crippen LogP) is 10.1. The molecule has 6 nitrogen and oxygen atoms in total. The molecule has 6 rings (SSSR count). The van der Waals surface area contributed by atoms with Crippen molar-refractivity contribution in [2.24, 2.45) is 0 Å². The van der Waals surface area contributed by atoms with E-state index in [4.69, 9.17) is 18.9 Å². The molecule has 0 spiro atoms. The quantitative estimate of drug-likeness (QED) is 0.0939. The molecule has 0 aliphatic heterocycles. The van der Waals surface area contributed by atoms with Crippen LogP contribution < -0.4 is 18.9 Å².